The van der Waals surface area contributed by atoms with E-state index in [-0.39, 0.29) is 6.61 Å². The van der Waals surface area contributed by atoms with Gasteiger partial charge in [-0.3, -0.25) is 4.68 Å². The molecule has 0 amide bonds. The fourth-order valence-electron chi connectivity index (χ4n) is 8.74. The van der Waals surface area contributed by atoms with Crippen molar-refractivity contribution >= 4 is 44.5 Å². The lowest BCUT2D eigenvalue weighted by Crippen LogP contribution is -2.53. The molecule has 2 aliphatic rings. The van der Waals surface area contributed by atoms with Gasteiger partial charge in [-0.25, -0.2) is 8.68 Å². The Bertz CT molecular complexity index is 2440. The van der Waals surface area contributed by atoms with E-state index in [9.17, 15) is 14.1 Å². The average Bonchev–Trinajstić information content (AvgIpc) is 3.71. The van der Waals surface area contributed by atoms with Crippen LogP contribution in [0, 0.1) is 0 Å². The van der Waals surface area contributed by atoms with Crippen LogP contribution in [0.4, 0.5) is 5.69 Å². The number of aryl methyl sites for hydroxylation is 3. The van der Waals surface area contributed by atoms with Crippen molar-refractivity contribution in [2.75, 3.05) is 58.8 Å². The van der Waals surface area contributed by atoms with Gasteiger partial charge in [0.25, 0.3) is 11.2 Å². The molecule has 4 aromatic carbocycles. The van der Waals surface area contributed by atoms with Gasteiger partial charge in [0.1, 0.15) is 29.5 Å². The maximum absolute atomic E-state index is 13.2. The quantitative estimate of drug-likeness (QED) is 0.0989. The second-order valence-electron chi connectivity index (χ2n) is 16.3. The summed E-state index contributed by atoms with van der Waals surface area (Å²) >= 11 is -1.07. The van der Waals surface area contributed by atoms with Gasteiger partial charge in [-0.1, -0.05) is 67.4 Å². The highest BCUT2D eigenvalue weighted by Crippen LogP contribution is 2.40. The summed E-state index contributed by atoms with van der Waals surface area (Å²) < 4.78 is 32.2. The molecule has 0 bridgehead atoms. The zero-order chi connectivity index (χ0) is 40.4. The summed E-state index contributed by atoms with van der Waals surface area (Å²) in [5.74, 6) is 0.698. The molecule has 0 saturated carbocycles. The van der Waals surface area contributed by atoms with Crippen molar-refractivity contribution in [3.63, 3.8) is 0 Å². The summed E-state index contributed by atoms with van der Waals surface area (Å²) in [4.78, 5) is 15.5. The van der Waals surface area contributed by atoms with E-state index < -0.39 is 17.1 Å². The van der Waals surface area contributed by atoms with Gasteiger partial charge >= 0.3 is 5.97 Å². The number of quaternary nitrogens is 1. The number of rotatable bonds is 12. The fraction of sp³-hybridized carbons (Fsp3) is 0.391. The normalized spacial score (nSPS) is 15.9. The number of para-hydroxylation sites is 1. The van der Waals surface area contributed by atoms with Crippen molar-refractivity contribution in [1.29, 1.82) is 0 Å². The molecule has 304 valence electrons. The maximum Gasteiger partial charge on any atom is 0.352 e. The number of ether oxygens (including phenoxy) is 2. The molecule has 1 atom stereocenters. The first-order valence-corrected chi connectivity index (χ1v) is 21.6. The number of anilines is 1. The number of hydrogen-bond acceptors (Lipinski definition) is 6. The Labute approximate surface area is 343 Å². The van der Waals surface area contributed by atoms with E-state index in [0.29, 0.717) is 35.6 Å². The summed E-state index contributed by atoms with van der Waals surface area (Å²) in [7, 11) is 7.90. The first-order valence-electron chi connectivity index (χ1n) is 20.6. The number of hydrogen-bond donors (Lipinski definition) is 1. The number of nitrogens with zero attached hydrogens (tertiary/aromatic N) is 6. The number of benzene rings is 4. The van der Waals surface area contributed by atoms with E-state index in [1.165, 1.54) is 0 Å². The Balaban J connectivity index is 1.05. The Hall–Kier alpha value is -5.17. The van der Waals surface area contributed by atoms with Crippen molar-refractivity contribution < 1.29 is 27.5 Å². The summed E-state index contributed by atoms with van der Waals surface area (Å²) in [5.41, 5.74) is 7.32. The Morgan fingerprint density at radius 1 is 0.828 bits per heavy atom. The number of fused-ring (bicyclic) bond motifs is 3. The molecule has 0 aliphatic carbocycles. The highest BCUT2D eigenvalue weighted by atomic mass is 32.2. The zero-order valence-corrected chi connectivity index (χ0v) is 35.0. The second kappa shape index (κ2) is 17.0. The molecule has 1 fully saturated rings. The van der Waals surface area contributed by atoms with Crippen molar-refractivity contribution in [1.82, 2.24) is 18.7 Å². The lowest BCUT2D eigenvalue weighted by Gasteiger charge is -2.37. The van der Waals surface area contributed by atoms with E-state index in [1.54, 1.807) is 0 Å². The first-order chi connectivity index (χ1) is 28.1. The van der Waals surface area contributed by atoms with Crippen LogP contribution in [-0.2, 0) is 44.2 Å². The molecule has 1 saturated heterocycles. The molecule has 6 aromatic rings. The summed E-state index contributed by atoms with van der Waals surface area (Å²) in [6.07, 6.45) is 6.17. The van der Waals surface area contributed by atoms with Gasteiger partial charge in [-0.2, -0.15) is 13.6 Å². The predicted molar refractivity (Wildman–Crippen MR) is 232 cm³/mol. The Morgan fingerprint density at radius 3 is 2.33 bits per heavy atom. The summed E-state index contributed by atoms with van der Waals surface area (Å²) in [5, 5.41) is 19.0. The van der Waals surface area contributed by atoms with E-state index in [1.807, 2.05) is 69.3 Å². The van der Waals surface area contributed by atoms with Crippen LogP contribution in [-0.4, -0.2) is 91.8 Å². The molecule has 1 unspecified atom stereocenters. The Morgan fingerprint density at radius 2 is 1.55 bits per heavy atom. The number of aromatic nitrogens is 3. The van der Waals surface area contributed by atoms with E-state index >= 15 is 0 Å². The molecular weight excluding hydrogens is 749 g/mol. The number of carboxylic acid groups (broad SMARTS) is 1. The molecular formula is C46H55N6O5S+. The third kappa shape index (κ3) is 8.10. The van der Waals surface area contributed by atoms with Crippen LogP contribution >= 0.6 is 0 Å². The SMILES string of the molecule is Cn1nc(COc2ccc(N3CCN(S(=O)[N+](C)(C)C)CC3)cc2)c2c1CCCCCCn1c(C(=O)O)c(CCCOc3cccc4ccccc34)c3cccc-2c31. The summed E-state index contributed by atoms with van der Waals surface area (Å²) in [6.45, 7) is 4.50. The minimum atomic E-state index is -1.07. The van der Waals surface area contributed by atoms with Gasteiger partial charge in [-0.05, 0) is 73.4 Å². The van der Waals surface area contributed by atoms with Crippen LogP contribution in [0.3, 0.4) is 0 Å². The monoisotopic (exact) mass is 803 g/mol. The van der Waals surface area contributed by atoms with Crippen molar-refractivity contribution in [3.05, 3.63) is 108 Å². The fourth-order valence-corrected chi connectivity index (χ4v) is 9.91. The first kappa shape index (κ1) is 39.6. The number of piperazine rings is 1. The molecule has 12 heteroatoms. The third-order valence-corrected chi connectivity index (χ3v) is 13.3. The molecule has 58 heavy (non-hydrogen) atoms. The Kier molecular flexibility index (Phi) is 11.6. The molecule has 2 aromatic heterocycles. The molecule has 2 aliphatic heterocycles. The minimum absolute atomic E-state index is 0.277. The van der Waals surface area contributed by atoms with Gasteiger partial charge in [0.15, 0.2) is 0 Å². The standard InChI is InChI=1S/C46H54N6O5S/c1-48-41-20-7-5-6-10-26-51-44-37(38(45(51)46(53)54)19-13-31-56-42-21-11-15-33-14-8-9-16-36(33)42)17-12-18-39(44)43(41)40(47-48)32-57-35-24-22-34(23-25-35)49-27-29-50(30-28-49)58(55)52(2,3)4/h8-9,11-12,14-18,21-25H,5-7,10,13,19-20,26-32H2,1-4H3/p+1. The average molecular weight is 804 g/mol. The lowest BCUT2D eigenvalue weighted by molar-refractivity contribution is -0.736. The zero-order valence-electron chi connectivity index (χ0n) is 34.2. The smallest absolute Gasteiger partial charge is 0.352 e. The minimum Gasteiger partial charge on any atom is -0.493 e. The van der Waals surface area contributed by atoms with Crippen LogP contribution in [0.1, 0.15) is 59.5 Å². The molecule has 0 spiro atoms. The highest BCUT2D eigenvalue weighted by Gasteiger charge is 2.31. The molecule has 8 rings (SSSR count). The van der Waals surface area contributed by atoms with Crippen LogP contribution in [0.25, 0.3) is 32.8 Å². The second-order valence-corrected chi connectivity index (χ2v) is 18.4. The molecule has 1 N–H and O–H groups in total. The van der Waals surface area contributed by atoms with Crippen molar-refractivity contribution in [3.8, 4) is 22.6 Å². The van der Waals surface area contributed by atoms with Crippen LogP contribution in [0.2, 0.25) is 0 Å². The van der Waals surface area contributed by atoms with Gasteiger partial charge in [0.05, 0.1) is 33.3 Å². The van der Waals surface area contributed by atoms with Crippen molar-refractivity contribution in [2.24, 2.45) is 7.05 Å². The summed E-state index contributed by atoms with van der Waals surface area (Å²) in [6, 6.07) is 28.8. The molecule has 0 radical (unpaired) electrons. The van der Waals surface area contributed by atoms with Gasteiger partial charge in [0.2, 0.25) is 0 Å². The van der Waals surface area contributed by atoms with E-state index in [0.717, 1.165) is 125 Å². The predicted octanol–water partition coefficient (Wildman–Crippen LogP) is 8.01. The number of carboxylic acids is 1. The van der Waals surface area contributed by atoms with Crippen LogP contribution in [0.15, 0.2) is 84.9 Å². The van der Waals surface area contributed by atoms with Gasteiger partial charge in [0, 0.05) is 73.1 Å². The largest absolute Gasteiger partial charge is 0.493 e. The van der Waals surface area contributed by atoms with Crippen LogP contribution in [0.5, 0.6) is 11.5 Å². The van der Waals surface area contributed by atoms with Crippen molar-refractivity contribution in [2.45, 2.75) is 58.1 Å². The lowest BCUT2D eigenvalue weighted by atomic mass is 9.96. The van der Waals surface area contributed by atoms with E-state index in [2.05, 4.69) is 62.3 Å². The highest BCUT2D eigenvalue weighted by molar-refractivity contribution is 7.76. The topological polar surface area (TPSA) is 102 Å². The van der Waals surface area contributed by atoms with Crippen LogP contribution < -0.4 is 14.4 Å². The van der Waals surface area contributed by atoms with E-state index in [4.69, 9.17) is 14.6 Å². The number of carbonyl (C=O) groups is 1. The van der Waals surface area contributed by atoms with Gasteiger partial charge in [-0.15, -0.1) is 0 Å². The third-order valence-electron chi connectivity index (χ3n) is 11.5. The van der Waals surface area contributed by atoms with Gasteiger partial charge < -0.3 is 24.0 Å². The maximum atomic E-state index is 13.2. The number of aromatic carboxylic acids is 1. The molecule has 11 nitrogen and oxygen atoms in total. The molecule has 4 heterocycles.